The Hall–Kier alpha value is -1.62. The first-order valence-electron chi connectivity index (χ1n) is 3.75. The molecule has 0 amide bonds. The van der Waals surface area contributed by atoms with Gasteiger partial charge in [0.25, 0.3) is 5.69 Å². The van der Waals surface area contributed by atoms with Crippen LogP contribution < -0.4 is 5.32 Å². The maximum Gasteiger partial charge on any atom is 0.276 e. The van der Waals surface area contributed by atoms with Crippen molar-refractivity contribution in [3.05, 3.63) is 33.9 Å². The van der Waals surface area contributed by atoms with Crippen molar-refractivity contribution in [2.24, 2.45) is 0 Å². The van der Waals surface area contributed by atoms with Crippen molar-refractivity contribution < 1.29 is 10.0 Å². The van der Waals surface area contributed by atoms with E-state index >= 15 is 0 Å². The molecule has 0 radical (unpaired) electrons. The quantitative estimate of drug-likeness (QED) is 0.542. The van der Waals surface area contributed by atoms with Gasteiger partial charge in [0, 0.05) is 18.8 Å². The van der Waals surface area contributed by atoms with Gasteiger partial charge < -0.3 is 10.4 Å². The summed E-state index contributed by atoms with van der Waals surface area (Å²) in [6.45, 7) is -0.319. The number of benzene rings is 1. The minimum atomic E-state index is -0.508. The topological polar surface area (TPSA) is 75.4 Å². The van der Waals surface area contributed by atoms with Crippen molar-refractivity contribution in [1.82, 2.24) is 0 Å². The van der Waals surface area contributed by atoms with Gasteiger partial charge in [0.05, 0.1) is 17.1 Å². The van der Waals surface area contributed by atoms with Gasteiger partial charge in [0.2, 0.25) is 0 Å². The van der Waals surface area contributed by atoms with Crippen molar-refractivity contribution in [2.45, 2.75) is 6.61 Å². The molecular weight excluding hydrogens is 172 g/mol. The number of nitro benzene ring substituents is 1. The lowest BCUT2D eigenvalue weighted by Gasteiger charge is -2.02. The molecular formula is C8H10N2O3. The van der Waals surface area contributed by atoms with E-state index in [0.717, 1.165) is 0 Å². The van der Waals surface area contributed by atoms with Crippen LogP contribution in [-0.4, -0.2) is 17.1 Å². The van der Waals surface area contributed by atoms with Gasteiger partial charge in [0.15, 0.2) is 0 Å². The Labute approximate surface area is 75.2 Å². The van der Waals surface area contributed by atoms with Crippen molar-refractivity contribution in [2.75, 3.05) is 12.4 Å². The molecule has 1 rings (SSSR count). The van der Waals surface area contributed by atoms with Crippen LogP contribution in [-0.2, 0) is 6.61 Å². The first kappa shape index (κ1) is 9.47. The maximum absolute atomic E-state index is 10.5. The molecule has 1 aromatic rings. The number of hydrogen-bond donors (Lipinski definition) is 2. The summed E-state index contributed by atoms with van der Waals surface area (Å²) >= 11 is 0. The molecule has 0 saturated carbocycles. The number of aliphatic hydroxyl groups is 1. The lowest BCUT2D eigenvalue weighted by Crippen LogP contribution is -1.97. The number of rotatable bonds is 3. The lowest BCUT2D eigenvalue weighted by molar-refractivity contribution is -0.385. The highest BCUT2D eigenvalue weighted by Gasteiger charge is 2.12. The van der Waals surface area contributed by atoms with Crippen LogP contribution in [0.15, 0.2) is 18.2 Å². The molecule has 1 aromatic carbocycles. The van der Waals surface area contributed by atoms with Crippen LogP contribution in [0.5, 0.6) is 0 Å². The second kappa shape index (κ2) is 3.86. The summed E-state index contributed by atoms with van der Waals surface area (Å²) in [4.78, 5) is 10.0. The minimum absolute atomic E-state index is 0.0608. The van der Waals surface area contributed by atoms with E-state index < -0.39 is 4.92 Å². The average Bonchev–Trinajstić information content (AvgIpc) is 2.16. The zero-order valence-electron chi connectivity index (χ0n) is 7.15. The number of anilines is 1. The number of nitrogens with one attached hydrogen (secondary N) is 1. The molecule has 5 heteroatoms. The van der Waals surface area contributed by atoms with Crippen LogP contribution in [0.1, 0.15) is 5.56 Å². The Bertz CT molecular complexity index is 325. The molecule has 0 aliphatic rings. The van der Waals surface area contributed by atoms with Gasteiger partial charge in [-0.3, -0.25) is 10.1 Å². The van der Waals surface area contributed by atoms with Crippen LogP contribution in [0.4, 0.5) is 11.4 Å². The SMILES string of the molecule is CNc1ccc(CO)c([N+](=O)[O-])c1. The second-order valence-corrected chi connectivity index (χ2v) is 2.51. The molecule has 0 unspecified atom stereocenters. The van der Waals surface area contributed by atoms with E-state index in [9.17, 15) is 10.1 Å². The standard InChI is InChI=1S/C8H10N2O3/c1-9-7-3-2-6(5-11)8(4-7)10(12)13/h2-4,9,11H,5H2,1H3. The summed E-state index contributed by atoms with van der Waals surface area (Å²) in [5, 5.41) is 22.1. The molecule has 0 aliphatic carbocycles. The highest BCUT2D eigenvalue weighted by molar-refractivity contribution is 5.54. The van der Waals surface area contributed by atoms with Crippen LogP contribution in [0, 0.1) is 10.1 Å². The zero-order chi connectivity index (χ0) is 9.84. The molecule has 5 nitrogen and oxygen atoms in total. The summed E-state index contributed by atoms with van der Waals surface area (Å²) < 4.78 is 0. The highest BCUT2D eigenvalue weighted by atomic mass is 16.6. The monoisotopic (exact) mass is 182 g/mol. The van der Waals surface area contributed by atoms with Gasteiger partial charge in [-0.1, -0.05) is 0 Å². The van der Waals surface area contributed by atoms with Crippen molar-refractivity contribution in [3.8, 4) is 0 Å². The van der Waals surface area contributed by atoms with Crippen molar-refractivity contribution in [3.63, 3.8) is 0 Å². The van der Waals surface area contributed by atoms with Crippen molar-refractivity contribution in [1.29, 1.82) is 0 Å². The zero-order valence-corrected chi connectivity index (χ0v) is 7.15. The summed E-state index contributed by atoms with van der Waals surface area (Å²) in [6, 6.07) is 4.61. The highest BCUT2D eigenvalue weighted by Crippen LogP contribution is 2.22. The molecule has 2 N–H and O–H groups in total. The fourth-order valence-corrected chi connectivity index (χ4v) is 1.02. The van der Waals surface area contributed by atoms with E-state index in [-0.39, 0.29) is 12.3 Å². The van der Waals surface area contributed by atoms with E-state index in [0.29, 0.717) is 11.3 Å². The van der Waals surface area contributed by atoms with E-state index in [1.165, 1.54) is 12.1 Å². The van der Waals surface area contributed by atoms with Crippen LogP contribution >= 0.6 is 0 Å². The Balaban J connectivity index is 3.18. The maximum atomic E-state index is 10.5. The molecule has 0 spiro atoms. The Morgan fingerprint density at radius 2 is 2.31 bits per heavy atom. The molecule has 0 fully saturated rings. The van der Waals surface area contributed by atoms with E-state index in [1.807, 2.05) is 0 Å². The fraction of sp³-hybridized carbons (Fsp3) is 0.250. The molecule has 0 aliphatic heterocycles. The number of nitro groups is 1. The predicted molar refractivity (Wildman–Crippen MR) is 48.6 cm³/mol. The third kappa shape index (κ3) is 1.94. The van der Waals surface area contributed by atoms with Gasteiger partial charge in [0.1, 0.15) is 0 Å². The van der Waals surface area contributed by atoms with Gasteiger partial charge in [-0.2, -0.15) is 0 Å². The van der Waals surface area contributed by atoms with E-state index in [2.05, 4.69) is 5.32 Å². The van der Waals surface area contributed by atoms with Crippen molar-refractivity contribution >= 4 is 11.4 Å². The van der Waals surface area contributed by atoms with Gasteiger partial charge in [-0.15, -0.1) is 0 Å². The van der Waals surface area contributed by atoms with Crippen LogP contribution in [0.25, 0.3) is 0 Å². The second-order valence-electron chi connectivity index (χ2n) is 2.51. The Morgan fingerprint density at radius 3 is 2.77 bits per heavy atom. The molecule has 0 heterocycles. The Kier molecular flexibility index (Phi) is 2.81. The number of hydrogen-bond acceptors (Lipinski definition) is 4. The normalized spacial score (nSPS) is 9.69. The van der Waals surface area contributed by atoms with Gasteiger partial charge in [-0.05, 0) is 12.1 Å². The van der Waals surface area contributed by atoms with Gasteiger partial charge in [-0.25, -0.2) is 0 Å². The van der Waals surface area contributed by atoms with E-state index in [4.69, 9.17) is 5.11 Å². The average molecular weight is 182 g/mol. The molecule has 0 bridgehead atoms. The lowest BCUT2D eigenvalue weighted by atomic mass is 10.1. The summed E-state index contributed by atoms with van der Waals surface area (Å²) in [5.74, 6) is 0. The first-order chi connectivity index (χ1) is 6.19. The number of nitrogens with zero attached hydrogens (tertiary/aromatic N) is 1. The first-order valence-corrected chi connectivity index (χ1v) is 3.75. The third-order valence-corrected chi connectivity index (χ3v) is 1.74. The third-order valence-electron chi connectivity index (χ3n) is 1.74. The van der Waals surface area contributed by atoms with Crippen LogP contribution in [0.2, 0.25) is 0 Å². The molecule has 70 valence electrons. The van der Waals surface area contributed by atoms with E-state index in [1.54, 1.807) is 13.1 Å². The smallest absolute Gasteiger partial charge is 0.276 e. The summed E-state index contributed by atoms with van der Waals surface area (Å²) in [7, 11) is 1.68. The fourth-order valence-electron chi connectivity index (χ4n) is 1.02. The van der Waals surface area contributed by atoms with Gasteiger partial charge >= 0.3 is 0 Å². The largest absolute Gasteiger partial charge is 0.391 e. The number of aliphatic hydroxyl groups excluding tert-OH is 1. The van der Waals surface area contributed by atoms with Crippen LogP contribution in [0.3, 0.4) is 0 Å². The predicted octanol–water partition coefficient (Wildman–Crippen LogP) is 1.13. The Morgan fingerprint density at radius 1 is 1.62 bits per heavy atom. The minimum Gasteiger partial charge on any atom is -0.391 e. The molecule has 0 atom stereocenters. The summed E-state index contributed by atoms with van der Waals surface area (Å²) in [5.41, 5.74) is 0.919. The molecule has 13 heavy (non-hydrogen) atoms. The molecule has 0 saturated heterocycles. The molecule has 0 aromatic heterocycles. The summed E-state index contributed by atoms with van der Waals surface area (Å²) in [6.07, 6.45) is 0.